The molecule has 0 bridgehead atoms. The van der Waals surface area contributed by atoms with Crippen LogP contribution in [-0.4, -0.2) is 25.5 Å². The Morgan fingerprint density at radius 1 is 0.947 bits per heavy atom. The number of nitrogens with two attached hydrogens (primary N) is 1. The van der Waals surface area contributed by atoms with E-state index in [9.17, 15) is 0 Å². The van der Waals surface area contributed by atoms with Gasteiger partial charge in [-0.05, 0) is 45.6 Å². The molecule has 116 valence electrons. The van der Waals surface area contributed by atoms with E-state index in [1.165, 1.54) is 19.3 Å². The molecule has 3 heteroatoms. The summed E-state index contributed by atoms with van der Waals surface area (Å²) in [5.74, 6) is 0.240. The Morgan fingerprint density at radius 2 is 1.53 bits per heavy atom. The Balaban J connectivity index is 4.33. The van der Waals surface area contributed by atoms with Gasteiger partial charge in [-0.3, -0.25) is 0 Å². The fourth-order valence-electron chi connectivity index (χ4n) is 2.46. The van der Waals surface area contributed by atoms with Crippen molar-refractivity contribution >= 4 is 0 Å². The molecule has 0 aromatic heterocycles. The molecule has 1 atom stereocenters. The van der Waals surface area contributed by atoms with Gasteiger partial charge in [0.1, 0.15) is 0 Å². The average Bonchev–Trinajstić information content (AvgIpc) is 2.39. The lowest BCUT2D eigenvalue weighted by Gasteiger charge is -2.34. The first kappa shape index (κ1) is 18.9. The highest BCUT2D eigenvalue weighted by atomic mass is 16.7. The van der Waals surface area contributed by atoms with Gasteiger partial charge in [-0.25, -0.2) is 0 Å². The molecule has 19 heavy (non-hydrogen) atoms. The molecular formula is C16H35NO2. The van der Waals surface area contributed by atoms with Crippen molar-refractivity contribution in [1.29, 1.82) is 0 Å². The lowest BCUT2D eigenvalue weighted by atomic mass is 9.97. The van der Waals surface area contributed by atoms with E-state index in [4.69, 9.17) is 15.2 Å². The van der Waals surface area contributed by atoms with Crippen LogP contribution >= 0.6 is 0 Å². The van der Waals surface area contributed by atoms with Gasteiger partial charge in [0.2, 0.25) is 0 Å². The van der Waals surface area contributed by atoms with Gasteiger partial charge in [-0.15, -0.1) is 0 Å². The summed E-state index contributed by atoms with van der Waals surface area (Å²) < 4.78 is 12.0. The van der Waals surface area contributed by atoms with Crippen LogP contribution in [0.25, 0.3) is 0 Å². The van der Waals surface area contributed by atoms with Crippen LogP contribution in [0, 0.1) is 5.92 Å². The largest absolute Gasteiger partial charge is 0.350 e. The fourth-order valence-corrected chi connectivity index (χ4v) is 2.46. The topological polar surface area (TPSA) is 44.5 Å². The maximum atomic E-state index is 5.98. The molecular weight excluding hydrogens is 238 g/mol. The van der Waals surface area contributed by atoms with Crippen molar-refractivity contribution in [2.75, 3.05) is 19.8 Å². The van der Waals surface area contributed by atoms with E-state index >= 15 is 0 Å². The molecule has 0 aliphatic rings. The van der Waals surface area contributed by atoms with Crippen molar-refractivity contribution in [3.8, 4) is 0 Å². The number of ether oxygens (including phenoxy) is 2. The molecule has 0 radical (unpaired) electrons. The van der Waals surface area contributed by atoms with Crippen LogP contribution in [0.1, 0.15) is 72.6 Å². The predicted octanol–water partition coefficient (Wildman–Crippen LogP) is 4.10. The van der Waals surface area contributed by atoms with Crippen LogP contribution < -0.4 is 5.73 Å². The van der Waals surface area contributed by atoms with Crippen LogP contribution in [0.3, 0.4) is 0 Å². The maximum absolute atomic E-state index is 5.98. The van der Waals surface area contributed by atoms with Gasteiger partial charge in [-0.1, -0.05) is 26.7 Å². The number of hydrogen-bond donors (Lipinski definition) is 1. The van der Waals surface area contributed by atoms with E-state index in [1.807, 2.05) is 0 Å². The summed E-state index contributed by atoms with van der Waals surface area (Å²) in [6.45, 7) is 10.8. The van der Waals surface area contributed by atoms with Crippen molar-refractivity contribution < 1.29 is 9.47 Å². The van der Waals surface area contributed by atoms with E-state index < -0.39 is 0 Å². The summed E-state index contributed by atoms with van der Waals surface area (Å²) in [4.78, 5) is 0. The molecule has 3 nitrogen and oxygen atoms in total. The number of hydrogen-bond acceptors (Lipinski definition) is 3. The van der Waals surface area contributed by atoms with Gasteiger partial charge in [0.15, 0.2) is 5.79 Å². The van der Waals surface area contributed by atoms with Crippen molar-refractivity contribution in [2.45, 2.75) is 78.4 Å². The van der Waals surface area contributed by atoms with Crippen LogP contribution in [0.4, 0.5) is 0 Å². The Bertz CT molecular complexity index is 191. The third-order valence-electron chi connectivity index (χ3n) is 3.63. The first-order chi connectivity index (χ1) is 9.14. The Kier molecular flexibility index (Phi) is 11.6. The molecule has 0 aromatic rings. The van der Waals surface area contributed by atoms with Gasteiger partial charge < -0.3 is 15.2 Å². The Morgan fingerprint density at radius 3 is 2.00 bits per heavy atom. The molecule has 0 saturated carbocycles. The SMILES string of the molecule is CCCCCC(CCCC(C)CN)(OCC)OCC. The molecule has 0 aliphatic heterocycles. The Labute approximate surface area is 120 Å². The molecule has 2 N–H and O–H groups in total. The monoisotopic (exact) mass is 273 g/mol. The van der Waals surface area contributed by atoms with E-state index in [1.54, 1.807) is 0 Å². The fraction of sp³-hybridized carbons (Fsp3) is 1.00. The minimum atomic E-state index is -0.354. The summed E-state index contributed by atoms with van der Waals surface area (Å²) >= 11 is 0. The standard InChI is InChI=1S/C16H35NO2/c1-5-8-9-12-16(18-6-2,19-7-3)13-10-11-15(4)14-17/h15H,5-14,17H2,1-4H3. The first-order valence-corrected chi connectivity index (χ1v) is 8.12. The third kappa shape index (κ3) is 8.61. The summed E-state index contributed by atoms with van der Waals surface area (Å²) in [5, 5.41) is 0. The average molecular weight is 273 g/mol. The second kappa shape index (κ2) is 11.7. The molecule has 0 spiro atoms. The highest BCUT2D eigenvalue weighted by Crippen LogP contribution is 2.28. The van der Waals surface area contributed by atoms with Gasteiger partial charge in [0.25, 0.3) is 0 Å². The zero-order valence-electron chi connectivity index (χ0n) is 13.5. The lowest BCUT2D eigenvalue weighted by molar-refractivity contribution is -0.242. The van der Waals surface area contributed by atoms with Gasteiger partial charge in [-0.2, -0.15) is 0 Å². The second-order valence-corrected chi connectivity index (χ2v) is 5.47. The smallest absolute Gasteiger partial charge is 0.168 e. The highest BCUT2D eigenvalue weighted by molar-refractivity contribution is 4.71. The minimum absolute atomic E-state index is 0.354. The number of rotatable bonds is 13. The maximum Gasteiger partial charge on any atom is 0.168 e. The first-order valence-electron chi connectivity index (χ1n) is 8.12. The summed E-state index contributed by atoms with van der Waals surface area (Å²) in [6.07, 6.45) is 7.96. The van der Waals surface area contributed by atoms with Crippen molar-refractivity contribution in [1.82, 2.24) is 0 Å². The highest BCUT2D eigenvalue weighted by Gasteiger charge is 2.30. The third-order valence-corrected chi connectivity index (χ3v) is 3.63. The zero-order valence-corrected chi connectivity index (χ0v) is 13.5. The second-order valence-electron chi connectivity index (χ2n) is 5.47. The molecule has 0 heterocycles. The van der Waals surface area contributed by atoms with E-state index in [0.29, 0.717) is 5.92 Å². The van der Waals surface area contributed by atoms with Crippen LogP contribution in [-0.2, 0) is 9.47 Å². The molecule has 0 aromatic carbocycles. The zero-order chi connectivity index (χ0) is 14.6. The van der Waals surface area contributed by atoms with Crippen molar-refractivity contribution in [2.24, 2.45) is 11.7 Å². The van der Waals surface area contributed by atoms with Crippen LogP contribution in [0.5, 0.6) is 0 Å². The summed E-state index contributed by atoms with van der Waals surface area (Å²) in [7, 11) is 0. The van der Waals surface area contributed by atoms with Crippen molar-refractivity contribution in [3.05, 3.63) is 0 Å². The molecule has 0 aliphatic carbocycles. The predicted molar refractivity (Wildman–Crippen MR) is 82.2 cm³/mol. The Hall–Kier alpha value is -0.120. The normalized spacial score (nSPS) is 13.7. The van der Waals surface area contributed by atoms with E-state index in [2.05, 4.69) is 27.7 Å². The quantitative estimate of drug-likeness (QED) is 0.406. The van der Waals surface area contributed by atoms with Crippen LogP contribution in [0.2, 0.25) is 0 Å². The lowest BCUT2D eigenvalue weighted by Crippen LogP contribution is -2.36. The van der Waals surface area contributed by atoms with Crippen molar-refractivity contribution in [3.63, 3.8) is 0 Å². The molecule has 0 amide bonds. The van der Waals surface area contributed by atoms with Gasteiger partial charge >= 0.3 is 0 Å². The van der Waals surface area contributed by atoms with Gasteiger partial charge in [0.05, 0.1) is 0 Å². The van der Waals surface area contributed by atoms with E-state index in [-0.39, 0.29) is 5.79 Å². The minimum Gasteiger partial charge on any atom is -0.350 e. The summed E-state index contributed by atoms with van der Waals surface area (Å²) in [6, 6.07) is 0. The molecule has 1 unspecified atom stereocenters. The van der Waals surface area contributed by atoms with Gasteiger partial charge in [0, 0.05) is 26.1 Å². The molecule has 0 fully saturated rings. The van der Waals surface area contributed by atoms with E-state index in [0.717, 1.165) is 45.4 Å². The summed E-state index contributed by atoms with van der Waals surface area (Å²) in [5.41, 5.74) is 5.67. The molecule has 0 rings (SSSR count). The number of unbranched alkanes of at least 4 members (excludes halogenated alkanes) is 2. The van der Waals surface area contributed by atoms with Crippen LogP contribution in [0.15, 0.2) is 0 Å². The molecule has 0 saturated heterocycles.